The van der Waals surface area contributed by atoms with Crippen LogP contribution in [0.2, 0.25) is 0 Å². The maximum absolute atomic E-state index is 13.7. The zero-order chi connectivity index (χ0) is 15.4. The van der Waals surface area contributed by atoms with Gasteiger partial charge >= 0.3 is 0 Å². The van der Waals surface area contributed by atoms with Crippen molar-refractivity contribution in [2.24, 2.45) is 0 Å². The van der Waals surface area contributed by atoms with Gasteiger partial charge in [-0.15, -0.1) is 6.42 Å². The summed E-state index contributed by atoms with van der Waals surface area (Å²) in [6.07, 6.45) is 5.67. The first kappa shape index (κ1) is 15.9. The number of terminal acetylenes is 1. The highest BCUT2D eigenvalue weighted by Crippen LogP contribution is 2.32. The van der Waals surface area contributed by atoms with Crippen molar-refractivity contribution in [3.8, 4) is 12.3 Å². The quantitative estimate of drug-likeness (QED) is 0.467. The molecule has 0 spiro atoms. The van der Waals surface area contributed by atoms with Crippen molar-refractivity contribution < 1.29 is 13.2 Å². The molecule has 106 valence electrons. The van der Waals surface area contributed by atoms with Crippen LogP contribution in [0.1, 0.15) is 31.9 Å². The van der Waals surface area contributed by atoms with Crippen molar-refractivity contribution in [1.82, 2.24) is 0 Å². The second-order valence-corrected chi connectivity index (χ2v) is 3.92. The average molecular weight is 279 g/mol. The fraction of sp³-hybridized carbons (Fsp3) is 0.250. The molecule has 0 aliphatic heterocycles. The molecule has 0 saturated carbocycles. The lowest BCUT2D eigenvalue weighted by Gasteiger charge is -2.11. The summed E-state index contributed by atoms with van der Waals surface area (Å²) in [5, 5.41) is 0.129. The van der Waals surface area contributed by atoms with Gasteiger partial charge in [0.1, 0.15) is 0 Å². The summed E-state index contributed by atoms with van der Waals surface area (Å²) >= 11 is 0. The molecule has 2 aromatic rings. The summed E-state index contributed by atoms with van der Waals surface area (Å²) in [7, 11) is 0. The molecule has 0 heterocycles. The van der Waals surface area contributed by atoms with Gasteiger partial charge < -0.3 is 5.73 Å². The topological polar surface area (TPSA) is 26.0 Å². The first-order valence-corrected chi connectivity index (χ1v) is 6.36. The Morgan fingerprint density at radius 1 is 1.10 bits per heavy atom. The summed E-state index contributed by atoms with van der Waals surface area (Å²) in [5.41, 5.74) is 6.23. The van der Waals surface area contributed by atoms with E-state index >= 15 is 0 Å². The average Bonchev–Trinajstić information content (AvgIpc) is 2.47. The van der Waals surface area contributed by atoms with Crippen LogP contribution in [0.5, 0.6) is 0 Å². The van der Waals surface area contributed by atoms with Crippen LogP contribution in [0.3, 0.4) is 0 Å². The number of aryl methyl sites for hydroxylation is 1. The Hall–Kier alpha value is -2.15. The fourth-order valence-corrected chi connectivity index (χ4v) is 2.04. The van der Waals surface area contributed by atoms with Crippen LogP contribution in [0, 0.1) is 29.8 Å². The second-order valence-electron chi connectivity index (χ2n) is 3.92. The number of fused-ring (bicyclic) bond motifs is 1. The number of anilines is 1. The van der Waals surface area contributed by atoms with E-state index in [2.05, 4.69) is 5.92 Å². The summed E-state index contributed by atoms with van der Waals surface area (Å²) < 4.78 is 40.7. The Bertz CT molecular complexity index is 685. The van der Waals surface area contributed by atoms with Gasteiger partial charge in [-0.1, -0.05) is 26.7 Å². The number of rotatable bonds is 1. The molecule has 0 saturated heterocycles. The van der Waals surface area contributed by atoms with E-state index in [4.69, 9.17) is 12.2 Å². The molecular formula is C16H16F3N. The minimum atomic E-state index is -1.57. The van der Waals surface area contributed by atoms with Crippen LogP contribution in [0.15, 0.2) is 12.1 Å². The van der Waals surface area contributed by atoms with Gasteiger partial charge in [-0.2, -0.15) is 0 Å². The van der Waals surface area contributed by atoms with Crippen molar-refractivity contribution in [2.45, 2.75) is 27.2 Å². The molecule has 4 heteroatoms. The summed E-state index contributed by atoms with van der Waals surface area (Å²) in [6, 6.07) is 2.84. The third-order valence-electron chi connectivity index (χ3n) is 2.86. The number of hydrogen-bond donors (Lipinski definition) is 1. The standard InChI is InChI=1S/C14H10F3N.C2H6/c1-3-7-5-8(18)6-10-11(7)9(4-2)12(15)14(17)13(10)16;1-2/h2,5-6H,3,18H2,1H3;1-2H3. The zero-order valence-corrected chi connectivity index (χ0v) is 11.7. The monoisotopic (exact) mass is 279 g/mol. The SMILES string of the molecule is C#Cc1c(F)c(F)c(F)c2cc(N)cc(CC)c12.CC. The summed E-state index contributed by atoms with van der Waals surface area (Å²) in [5.74, 6) is -2.08. The van der Waals surface area contributed by atoms with Crippen LogP contribution in [-0.2, 0) is 6.42 Å². The van der Waals surface area contributed by atoms with Crippen molar-refractivity contribution >= 4 is 16.5 Å². The first-order valence-electron chi connectivity index (χ1n) is 6.36. The van der Waals surface area contributed by atoms with E-state index in [-0.39, 0.29) is 22.0 Å². The Morgan fingerprint density at radius 3 is 2.20 bits per heavy atom. The number of hydrogen-bond acceptors (Lipinski definition) is 1. The fourth-order valence-electron chi connectivity index (χ4n) is 2.04. The van der Waals surface area contributed by atoms with Crippen molar-refractivity contribution in [1.29, 1.82) is 0 Å². The van der Waals surface area contributed by atoms with Gasteiger partial charge in [0.25, 0.3) is 0 Å². The highest BCUT2D eigenvalue weighted by atomic mass is 19.2. The van der Waals surface area contributed by atoms with E-state index in [9.17, 15) is 13.2 Å². The van der Waals surface area contributed by atoms with Crippen molar-refractivity contribution in [3.05, 3.63) is 40.7 Å². The molecule has 2 aromatic carbocycles. The lowest BCUT2D eigenvalue weighted by Crippen LogP contribution is -2.01. The van der Waals surface area contributed by atoms with Crippen LogP contribution < -0.4 is 5.73 Å². The molecule has 0 radical (unpaired) electrons. The number of benzene rings is 2. The smallest absolute Gasteiger partial charge is 0.196 e. The molecule has 0 aliphatic rings. The first-order chi connectivity index (χ1) is 9.51. The lowest BCUT2D eigenvalue weighted by atomic mass is 9.96. The summed E-state index contributed by atoms with van der Waals surface area (Å²) in [4.78, 5) is 0. The van der Waals surface area contributed by atoms with Gasteiger partial charge in [-0.05, 0) is 24.1 Å². The third kappa shape index (κ3) is 2.44. The van der Waals surface area contributed by atoms with E-state index in [1.807, 2.05) is 13.8 Å². The Balaban J connectivity index is 0.000000956. The molecule has 0 aromatic heterocycles. The normalized spacial score (nSPS) is 9.85. The van der Waals surface area contributed by atoms with Gasteiger partial charge in [0.2, 0.25) is 0 Å². The van der Waals surface area contributed by atoms with E-state index < -0.39 is 17.5 Å². The zero-order valence-electron chi connectivity index (χ0n) is 11.7. The lowest BCUT2D eigenvalue weighted by molar-refractivity contribution is 0.452. The van der Waals surface area contributed by atoms with E-state index in [1.165, 1.54) is 6.07 Å². The third-order valence-corrected chi connectivity index (χ3v) is 2.86. The maximum atomic E-state index is 13.7. The van der Waals surface area contributed by atoms with E-state index in [0.29, 0.717) is 12.0 Å². The molecular weight excluding hydrogens is 263 g/mol. The molecule has 0 atom stereocenters. The van der Waals surface area contributed by atoms with Crippen LogP contribution >= 0.6 is 0 Å². The molecule has 0 unspecified atom stereocenters. The Morgan fingerprint density at radius 2 is 1.70 bits per heavy atom. The van der Waals surface area contributed by atoms with Gasteiger partial charge in [0.05, 0.1) is 5.56 Å². The predicted molar refractivity (Wildman–Crippen MR) is 76.9 cm³/mol. The Labute approximate surface area is 116 Å². The van der Waals surface area contributed by atoms with Gasteiger partial charge in [-0.25, -0.2) is 13.2 Å². The molecule has 0 amide bonds. The number of halogens is 3. The van der Waals surface area contributed by atoms with E-state index in [1.54, 1.807) is 13.0 Å². The molecule has 0 aliphatic carbocycles. The Kier molecular flexibility index (Phi) is 5.04. The van der Waals surface area contributed by atoms with Gasteiger partial charge in [0.15, 0.2) is 17.5 Å². The molecule has 0 bridgehead atoms. The van der Waals surface area contributed by atoms with E-state index in [0.717, 1.165) is 0 Å². The van der Waals surface area contributed by atoms with Crippen LogP contribution in [0.25, 0.3) is 10.8 Å². The second kappa shape index (κ2) is 6.33. The minimum Gasteiger partial charge on any atom is -0.399 e. The number of nitrogens with two attached hydrogens (primary N) is 1. The minimum absolute atomic E-state index is 0.0845. The van der Waals surface area contributed by atoms with Gasteiger partial charge in [-0.3, -0.25) is 0 Å². The molecule has 20 heavy (non-hydrogen) atoms. The highest BCUT2D eigenvalue weighted by molar-refractivity contribution is 5.94. The molecule has 1 nitrogen and oxygen atoms in total. The predicted octanol–water partition coefficient (Wildman–Crippen LogP) is 4.41. The van der Waals surface area contributed by atoms with Crippen LogP contribution in [0.4, 0.5) is 18.9 Å². The molecule has 2 N–H and O–H groups in total. The molecule has 0 fully saturated rings. The van der Waals surface area contributed by atoms with Crippen LogP contribution in [-0.4, -0.2) is 0 Å². The van der Waals surface area contributed by atoms with Gasteiger partial charge in [0, 0.05) is 16.5 Å². The van der Waals surface area contributed by atoms with Crippen molar-refractivity contribution in [3.63, 3.8) is 0 Å². The largest absolute Gasteiger partial charge is 0.399 e. The number of nitrogen functional groups attached to an aromatic ring is 1. The summed E-state index contributed by atoms with van der Waals surface area (Å²) in [6.45, 7) is 5.80. The van der Waals surface area contributed by atoms with Crippen molar-refractivity contribution in [2.75, 3.05) is 5.73 Å². The maximum Gasteiger partial charge on any atom is 0.196 e. The molecule has 2 rings (SSSR count). The highest BCUT2D eigenvalue weighted by Gasteiger charge is 2.21.